The van der Waals surface area contributed by atoms with E-state index < -0.39 is 0 Å². The number of hydrogen-bond donors (Lipinski definition) is 0. The molecule has 106 valence electrons. The monoisotopic (exact) mass is 289 g/mol. The lowest BCUT2D eigenvalue weighted by molar-refractivity contribution is 0.0752. The number of amides is 1. The molecule has 4 heteroatoms. The van der Waals surface area contributed by atoms with Gasteiger partial charge in [0.1, 0.15) is 5.75 Å². The molecule has 1 aromatic carbocycles. The molecule has 0 bridgehead atoms. The average molecular weight is 289 g/mol. The molecule has 1 amide bonds. The van der Waals surface area contributed by atoms with Crippen LogP contribution in [-0.2, 0) is 0 Å². The molecule has 1 atom stereocenters. The molecule has 1 saturated heterocycles. The van der Waals surface area contributed by atoms with E-state index in [9.17, 15) is 4.79 Å². The Bertz CT molecular complexity index is 662. The van der Waals surface area contributed by atoms with Crippen LogP contribution >= 0.6 is 11.3 Å². The maximum atomic E-state index is 12.7. The zero-order valence-corrected chi connectivity index (χ0v) is 12.9. The molecule has 1 aromatic heterocycles. The zero-order valence-electron chi connectivity index (χ0n) is 12.1. The van der Waals surface area contributed by atoms with E-state index in [0.717, 1.165) is 45.7 Å². The lowest BCUT2D eigenvalue weighted by Crippen LogP contribution is -2.33. The Hall–Kier alpha value is -1.55. The first-order chi connectivity index (χ1) is 9.61. The smallest absolute Gasteiger partial charge is 0.264 e. The standard InChI is InChI=1S/C16H19NO2S/c1-10-5-4-8-17(10)16(18)15-11(2)13-9-12(19-3)6-7-14(13)20-15/h6-7,9-10H,4-5,8H2,1-3H3. The summed E-state index contributed by atoms with van der Waals surface area (Å²) in [7, 11) is 1.67. The minimum atomic E-state index is 0.188. The van der Waals surface area contributed by atoms with Crippen molar-refractivity contribution in [3.05, 3.63) is 28.6 Å². The molecular weight excluding hydrogens is 270 g/mol. The fourth-order valence-electron chi connectivity index (χ4n) is 2.90. The van der Waals surface area contributed by atoms with Crippen molar-refractivity contribution in [3.63, 3.8) is 0 Å². The Balaban J connectivity index is 2.03. The van der Waals surface area contributed by atoms with E-state index in [1.807, 2.05) is 30.0 Å². The van der Waals surface area contributed by atoms with Crippen molar-refractivity contribution in [1.29, 1.82) is 0 Å². The molecular formula is C16H19NO2S. The van der Waals surface area contributed by atoms with E-state index in [0.29, 0.717) is 6.04 Å². The highest BCUT2D eigenvalue weighted by Gasteiger charge is 2.28. The third kappa shape index (κ3) is 2.08. The normalized spacial score (nSPS) is 18.8. The Morgan fingerprint density at radius 3 is 2.90 bits per heavy atom. The van der Waals surface area contributed by atoms with Crippen LogP contribution in [0.5, 0.6) is 5.75 Å². The van der Waals surface area contributed by atoms with E-state index >= 15 is 0 Å². The van der Waals surface area contributed by atoms with Crippen LogP contribution in [0, 0.1) is 6.92 Å². The fourth-order valence-corrected chi connectivity index (χ4v) is 4.04. The molecule has 1 aliphatic rings. The van der Waals surface area contributed by atoms with Gasteiger partial charge in [-0.3, -0.25) is 4.79 Å². The van der Waals surface area contributed by atoms with Gasteiger partial charge in [0.2, 0.25) is 0 Å². The van der Waals surface area contributed by atoms with Gasteiger partial charge < -0.3 is 9.64 Å². The third-order valence-electron chi connectivity index (χ3n) is 4.15. The van der Waals surface area contributed by atoms with Crippen LogP contribution in [0.3, 0.4) is 0 Å². The number of thiophene rings is 1. The Kier molecular flexibility index (Phi) is 3.42. The summed E-state index contributed by atoms with van der Waals surface area (Å²) in [4.78, 5) is 15.6. The third-order valence-corrected chi connectivity index (χ3v) is 5.41. The summed E-state index contributed by atoms with van der Waals surface area (Å²) in [6.07, 6.45) is 2.23. The molecule has 1 aliphatic heterocycles. The van der Waals surface area contributed by atoms with E-state index in [1.165, 1.54) is 0 Å². The zero-order chi connectivity index (χ0) is 14.3. The lowest BCUT2D eigenvalue weighted by atomic mass is 10.1. The molecule has 0 N–H and O–H groups in total. The number of aryl methyl sites for hydroxylation is 1. The van der Waals surface area contributed by atoms with Crippen molar-refractivity contribution in [3.8, 4) is 5.75 Å². The number of likely N-dealkylation sites (tertiary alicyclic amines) is 1. The number of ether oxygens (including phenoxy) is 1. The summed E-state index contributed by atoms with van der Waals surface area (Å²) in [6.45, 7) is 5.06. The van der Waals surface area contributed by atoms with Crippen LogP contribution in [0.25, 0.3) is 10.1 Å². The van der Waals surface area contributed by atoms with Crippen LogP contribution in [0.15, 0.2) is 18.2 Å². The quantitative estimate of drug-likeness (QED) is 0.840. The van der Waals surface area contributed by atoms with Gasteiger partial charge in [-0.05, 0) is 55.8 Å². The number of carbonyl (C=O) groups is 1. The van der Waals surface area contributed by atoms with E-state index in [1.54, 1.807) is 18.4 Å². The SMILES string of the molecule is COc1ccc2sc(C(=O)N3CCCC3C)c(C)c2c1. The van der Waals surface area contributed by atoms with Crippen molar-refractivity contribution in [2.75, 3.05) is 13.7 Å². The highest BCUT2D eigenvalue weighted by atomic mass is 32.1. The van der Waals surface area contributed by atoms with Gasteiger partial charge in [-0.15, -0.1) is 11.3 Å². The number of nitrogens with zero attached hydrogens (tertiary/aromatic N) is 1. The Morgan fingerprint density at radius 2 is 2.25 bits per heavy atom. The minimum Gasteiger partial charge on any atom is -0.497 e. The van der Waals surface area contributed by atoms with Gasteiger partial charge in [-0.25, -0.2) is 0 Å². The van der Waals surface area contributed by atoms with Gasteiger partial charge in [-0.1, -0.05) is 0 Å². The average Bonchev–Trinajstić information content (AvgIpc) is 3.02. The number of benzene rings is 1. The fraction of sp³-hybridized carbons (Fsp3) is 0.438. The summed E-state index contributed by atoms with van der Waals surface area (Å²) in [5.74, 6) is 1.03. The summed E-state index contributed by atoms with van der Waals surface area (Å²) in [5, 5.41) is 1.13. The minimum absolute atomic E-state index is 0.188. The van der Waals surface area contributed by atoms with Crippen LogP contribution in [-0.4, -0.2) is 30.5 Å². The van der Waals surface area contributed by atoms with E-state index in [2.05, 4.69) is 6.92 Å². The largest absolute Gasteiger partial charge is 0.497 e. The molecule has 1 fully saturated rings. The van der Waals surface area contributed by atoms with Crippen molar-refractivity contribution in [1.82, 2.24) is 4.90 Å². The highest BCUT2D eigenvalue weighted by Crippen LogP contribution is 2.35. The molecule has 2 heterocycles. The summed E-state index contributed by atoms with van der Waals surface area (Å²) >= 11 is 1.59. The van der Waals surface area contributed by atoms with Gasteiger partial charge in [0.15, 0.2) is 0 Å². The predicted molar refractivity (Wildman–Crippen MR) is 82.8 cm³/mol. The second-order valence-electron chi connectivity index (χ2n) is 5.41. The van der Waals surface area contributed by atoms with Gasteiger partial charge >= 0.3 is 0 Å². The van der Waals surface area contributed by atoms with Crippen molar-refractivity contribution >= 4 is 27.3 Å². The highest BCUT2D eigenvalue weighted by molar-refractivity contribution is 7.21. The van der Waals surface area contributed by atoms with E-state index in [-0.39, 0.29) is 5.91 Å². The molecule has 3 nitrogen and oxygen atoms in total. The first-order valence-electron chi connectivity index (χ1n) is 7.00. The molecule has 20 heavy (non-hydrogen) atoms. The second kappa shape index (κ2) is 5.09. The molecule has 0 radical (unpaired) electrons. The number of hydrogen-bond acceptors (Lipinski definition) is 3. The second-order valence-corrected chi connectivity index (χ2v) is 6.46. The van der Waals surface area contributed by atoms with Crippen molar-refractivity contribution in [2.45, 2.75) is 32.7 Å². The van der Waals surface area contributed by atoms with Gasteiger partial charge in [0.25, 0.3) is 5.91 Å². The summed E-state index contributed by atoms with van der Waals surface area (Å²) in [5.41, 5.74) is 1.08. The topological polar surface area (TPSA) is 29.5 Å². The maximum absolute atomic E-state index is 12.7. The van der Waals surface area contributed by atoms with Gasteiger partial charge in [0.05, 0.1) is 12.0 Å². The van der Waals surface area contributed by atoms with Crippen LogP contribution in [0.2, 0.25) is 0 Å². The van der Waals surface area contributed by atoms with Crippen LogP contribution in [0.4, 0.5) is 0 Å². The summed E-state index contributed by atoms with van der Waals surface area (Å²) in [6, 6.07) is 6.37. The number of carbonyl (C=O) groups excluding carboxylic acids is 1. The van der Waals surface area contributed by atoms with Crippen LogP contribution < -0.4 is 4.74 Å². The Labute approximate surface area is 123 Å². The first kappa shape index (κ1) is 13.4. The lowest BCUT2D eigenvalue weighted by Gasteiger charge is -2.20. The molecule has 2 aromatic rings. The Morgan fingerprint density at radius 1 is 1.45 bits per heavy atom. The van der Waals surface area contributed by atoms with Crippen molar-refractivity contribution in [2.24, 2.45) is 0 Å². The molecule has 1 unspecified atom stereocenters. The van der Waals surface area contributed by atoms with Gasteiger partial charge in [0, 0.05) is 17.3 Å². The number of methoxy groups -OCH3 is 1. The maximum Gasteiger partial charge on any atom is 0.264 e. The first-order valence-corrected chi connectivity index (χ1v) is 7.81. The molecule has 0 saturated carbocycles. The number of fused-ring (bicyclic) bond motifs is 1. The van der Waals surface area contributed by atoms with Crippen LogP contribution in [0.1, 0.15) is 35.0 Å². The van der Waals surface area contributed by atoms with Gasteiger partial charge in [-0.2, -0.15) is 0 Å². The summed E-state index contributed by atoms with van der Waals surface area (Å²) < 4.78 is 6.42. The molecule has 0 spiro atoms. The molecule has 3 rings (SSSR count). The molecule has 0 aliphatic carbocycles. The number of rotatable bonds is 2. The van der Waals surface area contributed by atoms with Crippen molar-refractivity contribution < 1.29 is 9.53 Å². The predicted octanol–water partition coefficient (Wildman–Crippen LogP) is 3.84. The van der Waals surface area contributed by atoms with E-state index in [4.69, 9.17) is 4.74 Å².